The smallest absolute Gasteiger partial charge is 0.238 e. The molecule has 18 heavy (non-hydrogen) atoms. The molecule has 1 aromatic heterocycles. The van der Waals surface area contributed by atoms with Gasteiger partial charge in [-0.3, -0.25) is 0 Å². The number of sulfonamides is 1. The van der Waals surface area contributed by atoms with E-state index in [4.69, 9.17) is 5.14 Å². The molecule has 0 bridgehead atoms. The number of primary sulfonamides is 1. The minimum Gasteiger partial charge on any atom is -0.381 e. The molecule has 1 heterocycles. The van der Waals surface area contributed by atoms with E-state index in [0.29, 0.717) is 6.54 Å². The first-order chi connectivity index (χ1) is 8.55. The van der Waals surface area contributed by atoms with E-state index in [1.54, 1.807) is 24.5 Å². The van der Waals surface area contributed by atoms with E-state index in [-0.39, 0.29) is 4.90 Å². The lowest BCUT2D eigenvalue weighted by atomic mass is 10.3. The van der Waals surface area contributed by atoms with E-state index in [9.17, 15) is 8.42 Å². The number of hydrogen-bond acceptors (Lipinski definition) is 5. The SMILES string of the molecule is NS(=O)(=O)c1ccc(NCc2cncnc2)cc1. The maximum atomic E-state index is 11.1. The molecular weight excluding hydrogens is 252 g/mol. The molecule has 0 aliphatic carbocycles. The summed E-state index contributed by atoms with van der Waals surface area (Å²) in [5.41, 5.74) is 1.74. The van der Waals surface area contributed by atoms with Gasteiger partial charge in [-0.25, -0.2) is 23.5 Å². The Bertz CT molecular complexity index is 611. The average molecular weight is 264 g/mol. The van der Waals surface area contributed by atoms with Crippen molar-refractivity contribution in [2.24, 2.45) is 5.14 Å². The summed E-state index contributed by atoms with van der Waals surface area (Å²) in [5, 5.41) is 8.13. The average Bonchev–Trinajstić information content (AvgIpc) is 2.37. The maximum absolute atomic E-state index is 11.1. The largest absolute Gasteiger partial charge is 0.381 e. The molecule has 0 saturated carbocycles. The summed E-state index contributed by atoms with van der Waals surface area (Å²) < 4.78 is 22.1. The molecule has 0 fully saturated rings. The van der Waals surface area contributed by atoms with Crippen molar-refractivity contribution in [1.82, 2.24) is 9.97 Å². The highest BCUT2D eigenvalue weighted by atomic mass is 32.2. The molecule has 94 valence electrons. The normalized spacial score (nSPS) is 11.2. The molecule has 7 heteroatoms. The van der Waals surface area contributed by atoms with Crippen molar-refractivity contribution < 1.29 is 8.42 Å². The second-order valence-electron chi connectivity index (χ2n) is 3.67. The van der Waals surface area contributed by atoms with Gasteiger partial charge >= 0.3 is 0 Å². The first-order valence-electron chi connectivity index (χ1n) is 5.16. The van der Waals surface area contributed by atoms with Crippen LogP contribution in [0.1, 0.15) is 5.56 Å². The lowest BCUT2D eigenvalue weighted by Crippen LogP contribution is -2.12. The van der Waals surface area contributed by atoms with Crippen LogP contribution in [0.5, 0.6) is 0 Å². The van der Waals surface area contributed by atoms with Gasteiger partial charge in [0.25, 0.3) is 0 Å². The Hall–Kier alpha value is -1.99. The summed E-state index contributed by atoms with van der Waals surface area (Å²) in [7, 11) is -3.63. The van der Waals surface area contributed by atoms with Crippen molar-refractivity contribution in [1.29, 1.82) is 0 Å². The molecule has 0 aliphatic rings. The van der Waals surface area contributed by atoms with E-state index in [1.165, 1.54) is 18.5 Å². The van der Waals surface area contributed by atoms with E-state index in [2.05, 4.69) is 15.3 Å². The Morgan fingerprint density at radius 1 is 1.11 bits per heavy atom. The van der Waals surface area contributed by atoms with Gasteiger partial charge in [0.15, 0.2) is 0 Å². The molecule has 0 amide bonds. The molecule has 3 N–H and O–H groups in total. The van der Waals surface area contributed by atoms with E-state index in [1.807, 2.05) is 0 Å². The van der Waals surface area contributed by atoms with E-state index in [0.717, 1.165) is 11.3 Å². The Labute approximate surface area is 105 Å². The zero-order chi connectivity index (χ0) is 13.0. The molecule has 0 aliphatic heterocycles. The van der Waals surface area contributed by atoms with Crippen molar-refractivity contribution in [3.05, 3.63) is 48.5 Å². The minimum atomic E-state index is -3.63. The molecule has 6 nitrogen and oxygen atoms in total. The Balaban J connectivity index is 2.03. The highest BCUT2D eigenvalue weighted by Crippen LogP contribution is 2.13. The quantitative estimate of drug-likeness (QED) is 0.848. The van der Waals surface area contributed by atoms with Crippen molar-refractivity contribution in [3.8, 4) is 0 Å². The number of nitrogens with zero attached hydrogens (tertiary/aromatic N) is 2. The molecule has 0 saturated heterocycles. The fourth-order valence-electron chi connectivity index (χ4n) is 1.39. The Morgan fingerprint density at radius 2 is 1.72 bits per heavy atom. The zero-order valence-corrected chi connectivity index (χ0v) is 10.3. The molecule has 2 aromatic rings. The highest BCUT2D eigenvalue weighted by molar-refractivity contribution is 7.89. The topological polar surface area (TPSA) is 98.0 Å². The molecule has 0 spiro atoms. The van der Waals surface area contributed by atoms with Gasteiger partial charge in [-0.1, -0.05) is 0 Å². The van der Waals surface area contributed by atoms with Crippen LogP contribution in [0.25, 0.3) is 0 Å². The van der Waals surface area contributed by atoms with Gasteiger partial charge in [0.1, 0.15) is 6.33 Å². The standard InChI is InChI=1S/C11H12N4O2S/c12-18(16,17)11-3-1-10(2-4-11)15-7-9-5-13-8-14-6-9/h1-6,8,15H,7H2,(H2,12,16,17). The summed E-state index contributed by atoms with van der Waals surface area (Å²) in [6.45, 7) is 0.565. The summed E-state index contributed by atoms with van der Waals surface area (Å²) in [6, 6.07) is 6.23. The first-order valence-corrected chi connectivity index (χ1v) is 6.71. The van der Waals surface area contributed by atoms with E-state index < -0.39 is 10.0 Å². The Morgan fingerprint density at radius 3 is 2.28 bits per heavy atom. The monoisotopic (exact) mass is 264 g/mol. The van der Waals surface area contributed by atoms with Crippen LogP contribution in [0.3, 0.4) is 0 Å². The van der Waals surface area contributed by atoms with Crippen LogP contribution < -0.4 is 10.5 Å². The third-order valence-electron chi connectivity index (χ3n) is 2.29. The van der Waals surface area contributed by atoms with Gasteiger partial charge in [-0.15, -0.1) is 0 Å². The van der Waals surface area contributed by atoms with Crippen LogP contribution in [0.2, 0.25) is 0 Å². The second-order valence-corrected chi connectivity index (χ2v) is 5.23. The highest BCUT2D eigenvalue weighted by Gasteiger charge is 2.06. The zero-order valence-electron chi connectivity index (χ0n) is 9.45. The molecule has 1 aromatic carbocycles. The second kappa shape index (κ2) is 5.11. The molecule has 0 atom stereocenters. The molecule has 2 rings (SSSR count). The van der Waals surface area contributed by atoms with Gasteiger partial charge in [-0.2, -0.15) is 0 Å². The lowest BCUT2D eigenvalue weighted by Gasteiger charge is -2.06. The third kappa shape index (κ3) is 3.25. The maximum Gasteiger partial charge on any atom is 0.238 e. The minimum absolute atomic E-state index is 0.0936. The number of aromatic nitrogens is 2. The number of hydrogen-bond donors (Lipinski definition) is 2. The van der Waals surface area contributed by atoms with Crippen LogP contribution in [0.4, 0.5) is 5.69 Å². The van der Waals surface area contributed by atoms with Gasteiger partial charge in [0.2, 0.25) is 10.0 Å². The van der Waals surface area contributed by atoms with Crippen molar-refractivity contribution in [2.75, 3.05) is 5.32 Å². The predicted molar refractivity (Wildman–Crippen MR) is 67.2 cm³/mol. The van der Waals surface area contributed by atoms with Gasteiger partial charge < -0.3 is 5.32 Å². The summed E-state index contributed by atoms with van der Waals surface area (Å²) in [5.74, 6) is 0. The lowest BCUT2D eigenvalue weighted by molar-refractivity contribution is 0.598. The summed E-state index contributed by atoms with van der Waals surface area (Å²) in [4.78, 5) is 7.89. The molecular formula is C11H12N4O2S. The van der Waals surface area contributed by atoms with Crippen LogP contribution >= 0.6 is 0 Å². The third-order valence-corrected chi connectivity index (χ3v) is 3.22. The van der Waals surface area contributed by atoms with Crippen molar-refractivity contribution in [2.45, 2.75) is 11.4 Å². The first kappa shape index (κ1) is 12.5. The van der Waals surface area contributed by atoms with Crippen LogP contribution in [-0.2, 0) is 16.6 Å². The van der Waals surface area contributed by atoms with Crippen molar-refractivity contribution >= 4 is 15.7 Å². The number of nitrogens with two attached hydrogens (primary N) is 1. The number of benzene rings is 1. The van der Waals surface area contributed by atoms with Crippen LogP contribution in [-0.4, -0.2) is 18.4 Å². The van der Waals surface area contributed by atoms with Gasteiger partial charge in [0.05, 0.1) is 4.90 Å². The number of nitrogens with one attached hydrogen (secondary N) is 1. The Kier molecular flexibility index (Phi) is 3.54. The van der Waals surface area contributed by atoms with Crippen LogP contribution in [0.15, 0.2) is 47.9 Å². The van der Waals surface area contributed by atoms with E-state index >= 15 is 0 Å². The number of rotatable bonds is 4. The van der Waals surface area contributed by atoms with Crippen molar-refractivity contribution in [3.63, 3.8) is 0 Å². The van der Waals surface area contributed by atoms with Gasteiger partial charge in [0, 0.05) is 30.2 Å². The fourth-order valence-corrected chi connectivity index (χ4v) is 1.90. The molecule has 0 radical (unpaired) electrons. The van der Waals surface area contributed by atoms with Gasteiger partial charge in [-0.05, 0) is 24.3 Å². The summed E-state index contributed by atoms with van der Waals surface area (Å²) in [6.07, 6.45) is 4.88. The summed E-state index contributed by atoms with van der Waals surface area (Å²) >= 11 is 0. The number of anilines is 1. The van der Waals surface area contributed by atoms with Crippen LogP contribution in [0, 0.1) is 0 Å². The molecule has 0 unspecified atom stereocenters. The predicted octanol–water partition coefficient (Wildman–Crippen LogP) is 0.736. The fraction of sp³-hybridized carbons (Fsp3) is 0.0909.